The average molecular weight is 441 g/mol. The van der Waals surface area contributed by atoms with E-state index >= 15 is 0 Å². The number of aromatic nitrogens is 1. The molecular formula is C25H36N4O3. The van der Waals surface area contributed by atoms with Gasteiger partial charge >= 0.3 is 0 Å². The predicted octanol–water partition coefficient (Wildman–Crippen LogP) is 2.56. The Morgan fingerprint density at radius 1 is 1.12 bits per heavy atom. The molecule has 2 aliphatic heterocycles. The van der Waals surface area contributed by atoms with Gasteiger partial charge < -0.3 is 20.0 Å². The number of hydrogen-bond acceptors (Lipinski definition) is 7. The SMILES string of the molecule is CC[C@@](O)(c1ccc(N2CC[C@@H](Cc3ccccc3N3CCN(C)CC3)O2)cn1)[C@H](C)O. The molecule has 174 valence electrons. The molecule has 0 spiro atoms. The highest BCUT2D eigenvalue weighted by atomic mass is 16.7. The molecule has 1 aromatic heterocycles. The van der Waals surface area contributed by atoms with Crippen molar-refractivity contribution in [3.05, 3.63) is 53.9 Å². The summed E-state index contributed by atoms with van der Waals surface area (Å²) in [5.41, 5.74) is 2.68. The fraction of sp³-hybridized carbons (Fsp3) is 0.560. The van der Waals surface area contributed by atoms with Crippen LogP contribution < -0.4 is 9.96 Å². The smallest absolute Gasteiger partial charge is 0.132 e. The highest BCUT2D eigenvalue weighted by Gasteiger charge is 2.34. The Hall–Kier alpha value is -2.19. The van der Waals surface area contributed by atoms with Crippen LogP contribution in [0.4, 0.5) is 11.4 Å². The molecule has 0 aliphatic carbocycles. The summed E-state index contributed by atoms with van der Waals surface area (Å²) in [6, 6.07) is 12.4. The molecule has 2 aromatic rings. The summed E-state index contributed by atoms with van der Waals surface area (Å²) in [7, 11) is 2.18. The molecule has 0 radical (unpaired) electrons. The third kappa shape index (κ3) is 4.76. The molecule has 7 heteroatoms. The lowest BCUT2D eigenvalue weighted by molar-refractivity contribution is -0.0771. The number of anilines is 2. The Morgan fingerprint density at radius 2 is 1.88 bits per heavy atom. The minimum absolute atomic E-state index is 0.119. The molecule has 32 heavy (non-hydrogen) atoms. The number of para-hydroxylation sites is 1. The number of hydroxylamine groups is 1. The van der Waals surface area contributed by atoms with Gasteiger partial charge in [0.25, 0.3) is 0 Å². The lowest BCUT2D eigenvalue weighted by Gasteiger charge is -2.35. The van der Waals surface area contributed by atoms with Crippen molar-refractivity contribution in [1.82, 2.24) is 9.88 Å². The molecule has 4 rings (SSSR count). The monoisotopic (exact) mass is 440 g/mol. The number of rotatable bonds is 7. The first-order chi connectivity index (χ1) is 15.4. The van der Waals surface area contributed by atoms with Gasteiger partial charge in [-0.25, -0.2) is 0 Å². The first kappa shape index (κ1) is 23.0. The minimum atomic E-state index is -1.33. The molecule has 0 unspecified atom stereocenters. The lowest BCUT2D eigenvalue weighted by atomic mass is 9.90. The summed E-state index contributed by atoms with van der Waals surface area (Å²) < 4.78 is 0. The molecule has 0 saturated carbocycles. The van der Waals surface area contributed by atoms with E-state index in [-0.39, 0.29) is 6.10 Å². The Kier molecular flexibility index (Phi) is 7.00. The minimum Gasteiger partial charge on any atom is -0.390 e. The molecule has 1 aromatic carbocycles. The van der Waals surface area contributed by atoms with E-state index in [9.17, 15) is 10.2 Å². The molecule has 2 saturated heterocycles. The summed E-state index contributed by atoms with van der Waals surface area (Å²) >= 11 is 0. The van der Waals surface area contributed by atoms with Crippen LogP contribution >= 0.6 is 0 Å². The largest absolute Gasteiger partial charge is 0.390 e. The molecule has 0 bridgehead atoms. The number of nitrogens with zero attached hydrogens (tertiary/aromatic N) is 4. The molecule has 7 nitrogen and oxygen atoms in total. The van der Waals surface area contributed by atoms with E-state index in [1.165, 1.54) is 11.3 Å². The number of pyridine rings is 1. The normalized spacial score (nSPS) is 22.7. The van der Waals surface area contributed by atoms with Gasteiger partial charge in [0.15, 0.2) is 0 Å². The highest BCUT2D eigenvalue weighted by molar-refractivity contribution is 5.54. The molecular weight excluding hydrogens is 404 g/mol. The second-order valence-electron chi connectivity index (χ2n) is 9.10. The van der Waals surface area contributed by atoms with Crippen molar-refractivity contribution in [2.24, 2.45) is 0 Å². The van der Waals surface area contributed by atoms with E-state index in [0.717, 1.165) is 51.3 Å². The zero-order valence-corrected chi connectivity index (χ0v) is 19.4. The van der Waals surface area contributed by atoms with Crippen LogP contribution in [-0.2, 0) is 16.9 Å². The van der Waals surface area contributed by atoms with Crippen molar-refractivity contribution in [3.63, 3.8) is 0 Å². The number of hydrogen-bond donors (Lipinski definition) is 2. The van der Waals surface area contributed by atoms with Crippen LogP contribution in [0.25, 0.3) is 0 Å². The predicted molar refractivity (Wildman–Crippen MR) is 127 cm³/mol. The first-order valence-electron chi connectivity index (χ1n) is 11.7. The van der Waals surface area contributed by atoms with Crippen molar-refractivity contribution in [2.45, 2.75) is 50.9 Å². The quantitative estimate of drug-likeness (QED) is 0.686. The van der Waals surface area contributed by atoms with Crippen LogP contribution in [0.5, 0.6) is 0 Å². The van der Waals surface area contributed by atoms with Crippen LogP contribution in [0.1, 0.15) is 37.9 Å². The number of likely N-dealkylation sites (N-methyl/N-ethyl adjacent to an activating group) is 1. The molecule has 3 atom stereocenters. The Labute approximate surface area is 191 Å². The third-order valence-corrected chi connectivity index (χ3v) is 6.92. The average Bonchev–Trinajstić information content (AvgIpc) is 3.28. The van der Waals surface area contributed by atoms with E-state index < -0.39 is 11.7 Å². The van der Waals surface area contributed by atoms with Crippen LogP contribution in [0.15, 0.2) is 42.6 Å². The summed E-state index contributed by atoms with van der Waals surface area (Å²) in [5, 5.41) is 22.6. The Morgan fingerprint density at radius 3 is 2.53 bits per heavy atom. The summed E-state index contributed by atoms with van der Waals surface area (Å²) in [5.74, 6) is 0. The topological polar surface area (TPSA) is 72.3 Å². The molecule has 2 N–H and O–H groups in total. The van der Waals surface area contributed by atoms with Crippen LogP contribution in [0, 0.1) is 0 Å². The maximum absolute atomic E-state index is 10.7. The fourth-order valence-electron chi connectivity index (χ4n) is 4.64. The van der Waals surface area contributed by atoms with Crippen molar-refractivity contribution < 1.29 is 15.1 Å². The van der Waals surface area contributed by atoms with Gasteiger partial charge in [0, 0.05) is 44.8 Å². The number of aliphatic hydroxyl groups is 2. The Balaban J connectivity index is 1.41. The Bertz CT molecular complexity index is 883. The van der Waals surface area contributed by atoms with E-state index in [1.807, 2.05) is 18.1 Å². The highest BCUT2D eigenvalue weighted by Crippen LogP contribution is 2.31. The molecule has 0 amide bonds. The molecule has 3 heterocycles. The second kappa shape index (κ2) is 9.75. The number of piperazine rings is 1. The maximum Gasteiger partial charge on any atom is 0.132 e. The zero-order chi connectivity index (χ0) is 22.7. The van der Waals surface area contributed by atoms with Gasteiger partial charge in [-0.2, -0.15) is 0 Å². The van der Waals surface area contributed by atoms with E-state index in [2.05, 4.69) is 46.1 Å². The van der Waals surface area contributed by atoms with Gasteiger partial charge in [0.05, 0.1) is 29.8 Å². The lowest BCUT2D eigenvalue weighted by Crippen LogP contribution is -2.44. The number of benzene rings is 1. The number of aliphatic hydroxyl groups excluding tert-OH is 1. The fourth-order valence-corrected chi connectivity index (χ4v) is 4.64. The van der Waals surface area contributed by atoms with Crippen LogP contribution in [0.2, 0.25) is 0 Å². The first-order valence-corrected chi connectivity index (χ1v) is 11.7. The van der Waals surface area contributed by atoms with E-state index in [4.69, 9.17) is 4.84 Å². The van der Waals surface area contributed by atoms with E-state index in [0.29, 0.717) is 12.1 Å². The van der Waals surface area contributed by atoms with E-state index in [1.54, 1.807) is 19.2 Å². The van der Waals surface area contributed by atoms with Gasteiger partial charge in [-0.05, 0) is 50.6 Å². The molecule has 2 aliphatic rings. The van der Waals surface area contributed by atoms with Gasteiger partial charge in [-0.1, -0.05) is 25.1 Å². The maximum atomic E-state index is 10.7. The van der Waals surface area contributed by atoms with Crippen molar-refractivity contribution in [3.8, 4) is 0 Å². The van der Waals surface area contributed by atoms with Gasteiger partial charge in [-0.15, -0.1) is 0 Å². The molecule has 2 fully saturated rings. The van der Waals surface area contributed by atoms with Crippen LogP contribution in [0.3, 0.4) is 0 Å². The van der Waals surface area contributed by atoms with Crippen LogP contribution in [-0.4, -0.2) is 72.1 Å². The second-order valence-corrected chi connectivity index (χ2v) is 9.10. The summed E-state index contributed by atoms with van der Waals surface area (Å²) in [6.45, 7) is 8.53. The van der Waals surface area contributed by atoms with Gasteiger partial charge in [-0.3, -0.25) is 14.9 Å². The zero-order valence-electron chi connectivity index (χ0n) is 19.4. The van der Waals surface area contributed by atoms with Crippen molar-refractivity contribution >= 4 is 11.4 Å². The standard InChI is InChI=1S/C25H36N4O3/c1-4-25(31,19(2)30)24-10-9-21(18-26-24)29-12-11-22(32-29)17-20-7-5-6-8-23(20)28-15-13-27(3)14-16-28/h5-10,18-19,22,30-31H,4,11-17H2,1-3H3/t19-,22-,25-/m0/s1. The van der Waals surface area contributed by atoms with Crippen molar-refractivity contribution in [1.29, 1.82) is 0 Å². The third-order valence-electron chi connectivity index (χ3n) is 6.92. The summed E-state index contributed by atoms with van der Waals surface area (Å²) in [6.07, 6.45) is 3.17. The van der Waals surface area contributed by atoms with Gasteiger partial charge in [0.2, 0.25) is 0 Å². The van der Waals surface area contributed by atoms with Crippen molar-refractivity contribution in [2.75, 3.05) is 49.7 Å². The van der Waals surface area contributed by atoms with Gasteiger partial charge in [0.1, 0.15) is 5.60 Å². The summed E-state index contributed by atoms with van der Waals surface area (Å²) in [4.78, 5) is 15.6.